The van der Waals surface area contributed by atoms with Gasteiger partial charge in [-0.1, -0.05) is 45.0 Å². The van der Waals surface area contributed by atoms with Crippen molar-refractivity contribution < 1.29 is 9.90 Å². The lowest BCUT2D eigenvalue weighted by molar-refractivity contribution is 0.102. The zero-order valence-corrected chi connectivity index (χ0v) is 12.9. The Balaban J connectivity index is 2.36. The van der Waals surface area contributed by atoms with Crippen LogP contribution >= 0.6 is 0 Å². The maximum absolute atomic E-state index is 12.6. The van der Waals surface area contributed by atoms with E-state index in [1.807, 2.05) is 24.3 Å². The number of amides is 1. The van der Waals surface area contributed by atoms with Gasteiger partial charge in [-0.3, -0.25) is 4.79 Å². The first kappa shape index (κ1) is 15.1. The van der Waals surface area contributed by atoms with Gasteiger partial charge in [-0.2, -0.15) is 0 Å². The number of nitrogens with one attached hydrogen (secondary N) is 1. The summed E-state index contributed by atoms with van der Waals surface area (Å²) >= 11 is 0. The molecular weight excluding hydrogens is 262 g/mol. The Kier molecular flexibility index (Phi) is 4.03. The van der Waals surface area contributed by atoms with Crippen molar-refractivity contribution in [2.24, 2.45) is 0 Å². The molecule has 2 rings (SSSR count). The van der Waals surface area contributed by atoms with Crippen molar-refractivity contribution in [1.82, 2.24) is 0 Å². The molecule has 0 aliphatic carbocycles. The first-order valence-electron chi connectivity index (χ1n) is 7.00. The van der Waals surface area contributed by atoms with Crippen molar-refractivity contribution in [3.63, 3.8) is 0 Å². The second kappa shape index (κ2) is 5.60. The van der Waals surface area contributed by atoms with E-state index in [1.165, 1.54) is 0 Å². The molecule has 0 heterocycles. The van der Waals surface area contributed by atoms with Crippen molar-refractivity contribution in [3.8, 4) is 5.75 Å². The van der Waals surface area contributed by atoms with Gasteiger partial charge in [0.25, 0.3) is 5.91 Å². The summed E-state index contributed by atoms with van der Waals surface area (Å²) in [5.74, 6) is 0.0196. The predicted molar refractivity (Wildman–Crippen MR) is 85.9 cm³/mol. The second-order valence-electron chi connectivity index (χ2n) is 6.20. The van der Waals surface area contributed by atoms with Crippen molar-refractivity contribution in [2.45, 2.75) is 33.1 Å². The summed E-state index contributed by atoms with van der Waals surface area (Å²) in [6.45, 7) is 8.02. The molecule has 0 atom stereocenters. The van der Waals surface area contributed by atoms with Gasteiger partial charge in [0.2, 0.25) is 0 Å². The second-order valence-corrected chi connectivity index (χ2v) is 6.20. The minimum atomic E-state index is -0.158. The third-order valence-electron chi connectivity index (χ3n) is 3.53. The summed E-state index contributed by atoms with van der Waals surface area (Å²) in [5, 5.41) is 12.6. The van der Waals surface area contributed by atoms with Crippen molar-refractivity contribution >= 4 is 11.6 Å². The summed E-state index contributed by atoms with van der Waals surface area (Å²) in [7, 11) is 0. The Morgan fingerprint density at radius 3 is 2.38 bits per heavy atom. The third-order valence-corrected chi connectivity index (χ3v) is 3.53. The molecule has 3 heteroatoms. The lowest BCUT2D eigenvalue weighted by Crippen LogP contribution is -2.21. The van der Waals surface area contributed by atoms with Gasteiger partial charge in [-0.15, -0.1) is 0 Å². The Hall–Kier alpha value is -2.29. The maximum Gasteiger partial charge on any atom is 0.255 e. The summed E-state index contributed by atoms with van der Waals surface area (Å²) in [6, 6.07) is 12.7. The van der Waals surface area contributed by atoms with E-state index >= 15 is 0 Å². The first-order chi connectivity index (χ1) is 9.80. The molecular formula is C18H21NO2. The number of carbonyl (C=O) groups excluding carboxylic acids is 1. The van der Waals surface area contributed by atoms with Crippen LogP contribution in [0, 0.1) is 6.92 Å². The van der Waals surface area contributed by atoms with Crippen LogP contribution in [0.5, 0.6) is 5.75 Å². The molecule has 0 saturated heterocycles. The summed E-state index contributed by atoms with van der Waals surface area (Å²) in [4.78, 5) is 12.6. The Labute approximate surface area is 125 Å². The molecule has 0 unspecified atom stereocenters. The number of benzene rings is 2. The predicted octanol–water partition coefficient (Wildman–Crippen LogP) is 4.25. The first-order valence-corrected chi connectivity index (χ1v) is 7.00. The maximum atomic E-state index is 12.6. The molecule has 0 aromatic heterocycles. The van der Waals surface area contributed by atoms with Gasteiger partial charge in [0.05, 0.1) is 0 Å². The van der Waals surface area contributed by atoms with E-state index in [9.17, 15) is 9.90 Å². The Morgan fingerprint density at radius 1 is 1.05 bits per heavy atom. The van der Waals surface area contributed by atoms with E-state index in [1.54, 1.807) is 25.1 Å². The highest BCUT2D eigenvalue weighted by atomic mass is 16.3. The molecule has 110 valence electrons. The van der Waals surface area contributed by atoms with E-state index < -0.39 is 0 Å². The number of hydrogen-bond donors (Lipinski definition) is 2. The van der Waals surface area contributed by atoms with E-state index in [0.717, 1.165) is 5.56 Å². The number of hydrogen-bond acceptors (Lipinski definition) is 2. The van der Waals surface area contributed by atoms with Gasteiger partial charge in [-0.05, 0) is 36.1 Å². The molecule has 0 aliphatic heterocycles. The number of rotatable bonds is 2. The summed E-state index contributed by atoms with van der Waals surface area (Å²) in [5.41, 5.74) is 2.85. The fourth-order valence-corrected chi connectivity index (χ4v) is 2.28. The molecule has 3 nitrogen and oxygen atoms in total. The van der Waals surface area contributed by atoms with Crippen molar-refractivity contribution in [2.75, 3.05) is 5.32 Å². The highest BCUT2D eigenvalue weighted by Gasteiger charge is 2.21. The van der Waals surface area contributed by atoms with Crippen LogP contribution in [0.15, 0.2) is 42.5 Å². The fraction of sp³-hybridized carbons (Fsp3) is 0.278. The van der Waals surface area contributed by atoms with Crippen molar-refractivity contribution in [3.05, 3.63) is 59.2 Å². The highest BCUT2D eigenvalue weighted by Crippen LogP contribution is 2.28. The molecule has 2 aromatic rings. The van der Waals surface area contributed by atoms with Crippen LogP contribution in [0.1, 0.15) is 42.3 Å². The lowest BCUT2D eigenvalue weighted by atomic mass is 9.83. The largest absolute Gasteiger partial charge is 0.508 e. The number of carbonyl (C=O) groups is 1. The van der Waals surface area contributed by atoms with Crippen LogP contribution < -0.4 is 5.32 Å². The topological polar surface area (TPSA) is 49.3 Å². The minimum Gasteiger partial charge on any atom is -0.508 e. The van der Waals surface area contributed by atoms with Crippen molar-refractivity contribution in [1.29, 1.82) is 0 Å². The fourth-order valence-electron chi connectivity index (χ4n) is 2.28. The summed E-state index contributed by atoms with van der Waals surface area (Å²) < 4.78 is 0. The highest BCUT2D eigenvalue weighted by molar-refractivity contribution is 6.06. The van der Waals surface area contributed by atoms with E-state index in [4.69, 9.17) is 0 Å². The van der Waals surface area contributed by atoms with Gasteiger partial charge in [0.1, 0.15) is 5.75 Å². The Bertz CT molecular complexity index is 669. The van der Waals surface area contributed by atoms with Gasteiger partial charge in [0.15, 0.2) is 0 Å². The third kappa shape index (κ3) is 3.24. The Morgan fingerprint density at radius 2 is 1.71 bits per heavy atom. The van der Waals surface area contributed by atoms with Gasteiger partial charge in [0, 0.05) is 16.8 Å². The molecule has 2 aromatic carbocycles. The molecule has 1 amide bonds. The average molecular weight is 283 g/mol. The minimum absolute atomic E-state index is 0.109. The molecule has 0 saturated carbocycles. The number of anilines is 1. The number of phenols is 1. The number of phenolic OH excluding ortho intramolecular Hbond substituents is 1. The monoisotopic (exact) mass is 283 g/mol. The van der Waals surface area contributed by atoms with Crippen LogP contribution in [0.2, 0.25) is 0 Å². The molecule has 0 spiro atoms. The van der Waals surface area contributed by atoms with E-state index in [0.29, 0.717) is 16.8 Å². The van der Waals surface area contributed by atoms with Crippen LogP contribution in [0.25, 0.3) is 0 Å². The molecule has 0 fully saturated rings. The molecule has 21 heavy (non-hydrogen) atoms. The molecule has 0 bridgehead atoms. The molecule has 0 aliphatic rings. The lowest BCUT2D eigenvalue weighted by Gasteiger charge is -2.22. The standard InChI is InChI=1S/C18H21NO2/c1-12-15(10-7-11-16(12)20)19-17(21)13-8-5-6-9-14(13)18(2,3)4/h5-11,20H,1-4H3,(H,19,21). The molecule has 0 radical (unpaired) electrons. The van der Waals surface area contributed by atoms with Gasteiger partial charge < -0.3 is 10.4 Å². The normalized spacial score (nSPS) is 11.2. The SMILES string of the molecule is Cc1c(O)cccc1NC(=O)c1ccccc1C(C)(C)C. The smallest absolute Gasteiger partial charge is 0.255 e. The average Bonchev–Trinajstić information content (AvgIpc) is 2.43. The van der Waals surface area contributed by atoms with E-state index in [2.05, 4.69) is 26.1 Å². The van der Waals surface area contributed by atoms with Crippen LogP contribution in [0.3, 0.4) is 0 Å². The van der Waals surface area contributed by atoms with Crippen LogP contribution in [-0.2, 0) is 5.41 Å². The quantitative estimate of drug-likeness (QED) is 0.865. The van der Waals surface area contributed by atoms with Crippen LogP contribution in [-0.4, -0.2) is 11.0 Å². The molecule has 2 N–H and O–H groups in total. The number of aromatic hydroxyl groups is 1. The van der Waals surface area contributed by atoms with E-state index in [-0.39, 0.29) is 17.1 Å². The van der Waals surface area contributed by atoms with Gasteiger partial charge >= 0.3 is 0 Å². The zero-order valence-electron chi connectivity index (χ0n) is 12.9. The summed E-state index contributed by atoms with van der Waals surface area (Å²) in [6.07, 6.45) is 0. The van der Waals surface area contributed by atoms with Gasteiger partial charge in [-0.25, -0.2) is 0 Å². The van der Waals surface area contributed by atoms with Crippen LogP contribution in [0.4, 0.5) is 5.69 Å². The zero-order chi connectivity index (χ0) is 15.6.